The number of amides is 2. The number of esters is 2. The minimum absolute atomic E-state index is 0.0685. The normalized spacial score (nSPS) is 13.1. The predicted octanol–water partition coefficient (Wildman–Crippen LogP) is 7.36. The predicted molar refractivity (Wildman–Crippen MR) is 178 cm³/mol. The molecule has 48 heavy (non-hydrogen) atoms. The lowest BCUT2D eigenvalue weighted by Gasteiger charge is -2.27. The first kappa shape index (κ1) is 37.8. The van der Waals surface area contributed by atoms with Crippen molar-refractivity contribution in [2.24, 2.45) is 5.92 Å². The van der Waals surface area contributed by atoms with Gasteiger partial charge in [0.05, 0.1) is 5.92 Å². The summed E-state index contributed by atoms with van der Waals surface area (Å²) in [6.07, 6.45) is -2.95. The molecule has 0 saturated heterocycles. The molecule has 0 saturated carbocycles. The molecule has 0 radical (unpaired) electrons. The molecule has 3 unspecified atom stereocenters. The molecular formula is C36H42ClFN2O8. The number of carbonyl (C=O) groups excluding carboxylic acids is 4. The highest BCUT2D eigenvalue weighted by Gasteiger charge is 2.30. The van der Waals surface area contributed by atoms with Crippen LogP contribution in [0.4, 0.5) is 14.0 Å². The van der Waals surface area contributed by atoms with Crippen molar-refractivity contribution in [1.29, 1.82) is 0 Å². The molecule has 0 aliphatic rings. The number of benzene rings is 3. The van der Waals surface area contributed by atoms with Gasteiger partial charge in [-0.05, 0) is 68.5 Å². The summed E-state index contributed by atoms with van der Waals surface area (Å²) in [5.74, 6) is -2.23. The number of hydrogen-bond acceptors (Lipinski definition) is 8. The number of halogens is 2. The SMILES string of the molecule is CC(OC(=O)NC(CC(Cc1ccc(-c2cc(Cl)ccc2F)cc1)NC(=O)OC(C)(C)C)C(=O)OCc1ccccc1)OC(=O)C(C)C. The number of alkyl carbamates (subject to hydrolysis) is 2. The van der Waals surface area contributed by atoms with E-state index in [1.807, 2.05) is 6.07 Å². The second-order valence-corrected chi connectivity index (χ2v) is 12.9. The van der Waals surface area contributed by atoms with Crippen LogP contribution >= 0.6 is 11.6 Å². The highest BCUT2D eigenvalue weighted by molar-refractivity contribution is 6.30. The van der Waals surface area contributed by atoms with Crippen LogP contribution in [-0.2, 0) is 41.6 Å². The van der Waals surface area contributed by atoms with Crippen LogP contribution in [0.2, 0.25) is 5.02 Å². The zero-order valence-electron chi connectivity index (χ0n) is 27.9. The Hall–Kier alpha value is -4.64. The molecule has 2 amide bonds. The summed E-state index contributed by atoms with van der Waals surface area (Å²) in [5.41, 5.74) is 1.57. The van der Waals surface area contributed by atoms with Crippen LogP contribution in [0, 0.1) is 11.7 Å². The van der Waals surface area contributed by atoms with E-state index < -0.39 is 59.8 Å². The fourth-order valence-corrected chi connectivity index (χ4v) is 4.64. The van der Waals surface area contributed by atoms with Crippen molar-refractivity contribution in [1.82, 2.24) is 10.6 Å². The zero-order valence-corrected chi connectivity index (χ0v) is 28.6. The van der Waals surface area contributed by atoms with Crippen molar-refractivity contribution >= 4 is 35.7 Å². The maximum atomic E-state index is 14.5. The van der Waals surface area contributed by atoms with E-state index in [0.29, 0.717) is 16.1 Å². The van der Waals surface area contributed by atoms with Crippen LogP contribution in [-0.4, -0.2) is 48.1 Å². The number of carbonyl (C=O) groups is 4. The molecule has 0 aliphatic carbocycles. The third kappa shape index (κ3) is 12.9. The van der Waals surface area contributed by atoms with Crippen LogP contribution in [0.1, 0.15) is 59.1 Å². The molecule has 0 bridgehead atoms. The van der Waals surface area contributed by atoms with E-state index in [1.54, 1.807) is 83.1 Å². The van der Waals surface area contributed by atoms with Gasteiger partial charge in [0.2, 0.25) is 6.29 Å². The van der Waals surface area contributed by atoms with Crippen molar-refractivity contribution in [2.75, 3.05) is 0 Å². The monoisotopic (exact) mass is 684 g/mol. The summed E-state index contributed by atoms with van der Waals surface area (Å²) in [6, 6.07) is 18.1. The number of ether oxygens (including phenoxy) is 4. The molecule has 3 aromatic rings. The zero-order chi connectivity index (χ0) is 35.4. The summed E-state index contributed by atoms with van der Waals surface area (Å²) < 4.78 is 35.8. The smallest absolute Gasteiger partial charge is 0.410 e. The molecule has 12 heteroatoms. The van der Waals surface area contributed by atoms with E-state index in [4.69, 9.17) is 30.5 Å². The molecular weight excluding hydrogens is 643 g/mol. The van der Waals surface area contributed by atoms with E-state index >= 15 is 0 Å². The first-order valence-electron chi connectivity index (χ1n) is 15.5. The number of rotatable bonds is 13. The summed E-state index contributed by atoms with van der Waals surface area (Å²) in [6.45, 7) is 9.70. The van der Waals surface area contributed by atoms with Crippen LogP contribution in [0.15, 0.2) is 72.8 Å². The largest absolute Gasteiger partial charge is 0.459 e. The quantitative estimate of drug-likeness (QED) is 0.109. The van der Waals surface area contributed by atoms with Gasteiger partial charge < -0.3 is 29.6 Å². The van der Waals surface area contributed by atoms with E-state index in [-0.39, 0.29) is 19.4 Å². The second kappa shape index (κ2) is 17.5. The van der Waals surface area contributed by atoms with Crippen LogP contribution < -0.4 is 10.6 Å². The molecule has 258 valence electrons. The van der Waals surface area contributed by atoms with Gasteiger partial charge in [0.25, 0.3) is 0 Å². The third-order valence-corrected chi connectivity index (χ3v) is 6.98. The Balaban J connectivity index is 1.84. The molecule has 10 nitrogen and oxygen atoms in total. The van der Waals surface area contributed by atoms with Crippen LogP contribution in [0.5, 0.6) is 0 Å². The molecule has 0 aromatic heterocycles. The van der Waals surface area contributed by atoms with Gasteiger partial charge in [-0.2, -0.15) is 0 Å². The van der Waals surface area contributed by atoms with Gasteiger partial charge in [-0.25, -0.2) is 18.8 Å². The first-order chi connectivity index (χ1) is 22.6. The van der Waals surface area contributed by atoms with E-state index in [1.165, 1.54) is 25.1 Å². The lowest BCUT2D eigenvalue weighted by atomic mass is 9.97. The molecule has 2 N–H and O–H groups in total. The Labute approximate surface area is 285 Å². The Morgan fingerprint density at radius 3 is 2.10 bits per heavy atom. The Kier molecular flexibility index (Phi) is 13.8. The van der Waals surface area contributed by atoms with E-state index in [2.05, 4.69) is 10.6 Å². The highest BCUT2D eigenvalue weighted by Crippen LogP contribution is 2.27. The summed E-state index contributed by atoms with van der Waals surface area (Å²) in [7, 11) is 0. The molecule has 3 rings (SSSR count). The number of nitrogens with one attached hydrogen (secondary N) is 2. The molecule has 0 fully saturated rings. The van der Waals surface area contributed by atoms with Gasteiger partial charge in [-0.3, -0.25) is 4.79 Å². The molecule has 0 spiro atoms. The topological polar surface area (TPSA) is 129 Å². The average Bonchev–Trinajstić information content (AvgIpc) is 3.00. The summed E-state index contributed by atoms with van der Waals surface area (Å²) in [5, 5.41) is 5.67. The Morgan fingerprint density at radius 2 is 1.48 bits per heavy atom. The number of hydrogen-bond donors (Lipinski definition) is 2. The van der Waals surface area contributed by atoms with Crippen molar-refractivity contribution < 1.29 is 42.5 Å². The van der Waals surface area contributed by atoms with E-state index in [9.17, 15) is 23.6 Å². The fraction of sp³-hybridized carbons (Fsp3) is 0.389. The lowest BCUT2D eigenvalue weighted by Crippen LogP contribution is -2.49. The second-order valence-electron chi connectivity index (χ2n) is 12.5. The van der Waals surface area contributed by atoms with Crippen molar-refractivity contribution in [3.8, 4) is 11.1 Å². The standard InChI is InChI=1S/C36H42ClFN2O8/c1-22(2)32(41)46-23(3)47-34(43)40-31(33(42)45-21-25-10-8-7-9-11-25)20-28(39-35(44)48-36(4,5)6)18-24-12-14-26(15-13-24)29-19-27(37)16-17-30(29)38/h7-17,19,22-23,28,31H,18,20-21H2,1-6H3,(H,39,44)(H,40,43). The van der Waals surface area contributed by atoms with E-state index in [0.717, 1.165) is 11.1 Å². The van der Waals surface area contributed by atoms with Gasteiger partial charge in [-0.1, -0.05) is 80.0 Å². The minimum Gasteiger partial charge on any atom is -0.459 e. The fourth-order valence-electron chi connectivity index (χ4n) is 4.47. The summed E-state index contributed by atoms with van der Waals surface area (Å²) in [4.78, 5) is 51.1. The maximum Gasteiger partial charge on any atom is 0.410 e. The minimum atomic E-state index is -1.30. The highest BCUT2D eigenvalue weighted by atomic mass is 35.5. The molecule has 0 aliphatic heterocycles. The summed E-state index contributed by atoms with van der Waals surface area (Å²) >= 11 is 6.07. The molecule has 3 aromatic carbocycles. The van der Waals surface area contributed by atoms with Crippen molar-refractivity contribution in [3.63, 3.8) is 0 Å². The molecule has 3 atom stereocenters. The van der Waals surface area contributed by atoms with Crippen LogP contribution in [0.25, 0.3) is 11.1 Å². The van der Waals surface area contributed by atoms with Gasteiger partial charge in [0.15, 0.2) is 0 Å². The lowest BCUT2D eigenvalue weighted by molar-refractivity contribution is -0.169. The van der Waals surface area contributed by atoms with Crippen LogP contribution in [0.3, 0.4) is 0 Å². The van der Waals surface area contributed by atoms with Gasteiger partial charge >= 0.3 is 24.1 Å². The van der Waals surface area contributed by atoms with Crippen molar-refractivity contribution in [2.45, 2.75) is 85.0 Å². The Bertz CT molecular complexity index is 1540. The maximum absolute atomic E-state index is 14.5. The third-order valence-electron chi connectivity index (χ3n) is 6.74. The average molecular weight is 685 g/mol. The first-order valence-corrected chi connectivity index (χ1v) is 15.9. The van der Waals surface area contributed by atoms with Gasteiger partial charge in [0, 0.05) is 23.6 Å². The van der Waals surface area contributed by atoms with Gasteiger partial charge in [0.1, 0.15) is 24.1 Å². The Morgan fingerprint density at radius 1 is 0.812 bits per heavy atom. The molecule has 0 heterocycles. The van der Waals surface area contributed by atoms with Gasteiger partial charge in [-0.15, -0.1) is 0 Å². The van der Waals surface area contributed by atoms with Crippen molar-refractivity contribution in [3.05, 3.63) is 94.8 Å².